The van der Waals surface area contributed by atoms with E-state index in [1.807, 2.05) is 27.7 Å². The molecule has 0 amide bonds. The highest BCUT2D eigenvalue weighted by molar-refractivity contribution is 5.90. The molecule has 0 spiro atoms. The van der Waals surface area contributed by atoms with Crippen LogP contribution in [0.1, 0.15) is 55.4 Å². The molecule has 0 aromatic carbocycles. The van der Waals surface area contributed by atoms with E-state index in [9.17, 15) is 9.90 Å². The third kappa shape index (κ3) is 2.85. The standard InChI is InChI=1S/C12H19NO4/c1-7(6-16-5)9-8(11(14)15)10(17-13-9)12(2,3)4/h7H,6H2,1-5H3,(H,14,15). The van der Waals surface area contributed by atoms with Crippen LogP contribution in [0, 0.1) is 0 Å². The van der Waals surface area contributed by atoms with Crippen LogP contribution in [-0.4, -0.2) is 29.9 Å². The third-order valence-electron chi connectivity index (χ3n) is 2.50. The van der Waals surface area contributed by atoms with Crippen molar-refractivity contribution in [2.45, 2.75) is 39.0 Å². The van der Waals surface area contributed by atoms with Crippen molar-refractivity contribution in [2.24, 2.45) is 0 Å². The van der Waals surface area contributed by atoms with E-state index in [2.05, 4.69) is 5.16 Å². The van der Waals surface area contributed by atoms with Crippen molar-refractivity contribution in [2.75, 3.05) is 13.7 Å². The van der Waals surface area contributed by atoms with Crippen molar-refractivity contribution in [3.05, 3.63) is 17.0 Å². The summed E-state index contributed by atoms with van der Waals surface area (Å²) in [6.07, 6.45) is 0. The van der Waals surface area contributed by atoms with E-state index in [4.69, 9.17) is 9.26 Å². The Morgan fingerprint density at radius 2 is 2.12 bits per heavy atom. The highest BCUT2D eigenvalue weighted by Crippen LogP contribution is 2.31. The van der Waals surface area contributed by atoms with Gasteiger partial charge in [-0.1, -0.05) is 32.9 Å². The van der Waals surface area contributed by atoms with Crippen LogP contribution in [0.15, 0.2) is 4.52 Å². The van der Waals surface area contributed by atoms with Crippen LogP contribution in [0.25, 0.3) is 0 Å². The Kier molecular flexibility index (Phi) is 3.93. The van der Waals surface area contributed by atoms with Crippen LogP contribution in [-0.2, 0) is 10.2 Å². The fourth-order valence-corrected chi connectivity index (χ4v) is 1.69. The Morgan fingerprint density at radius 1 is 1.53 bits per heavy atom. The van der Waals surface area contributed by atoms with Crippen LogP contribution in [0.5, 0.6) is 0 Å². The van der Waals surface area contributed by atoms with Gasteiger partial charge in [-0.3, -0.25) is 0 Å². The average molecular weight is 241 g/mol. The molecule has 0 fully saturated rings. The minimum atomic E-state index is -1.01. The van der Waals surface area contributed by atoms with Gasteiger partial charge in [0.1, 0.15) is 11.3 Å². The molecule has 5 nitrogen and oxygen atoms in total. The monoisotopic (exact) mass is 241 g/mol. The zero-order valence-corrected chi connectivity index (χ0v) is 10.9. The Hall–Kier alpha value is -1.36. The smallest absolute Gasteiger partial charge is 0.341 e. The number of rotatable bonds is 4. The molecule has 1 atom stereocenters. The lowest BCUT2D eigenvalue weighted by Gasteiger charge is -2.15. The maximum atomic E-state index is 11.3. The Balaban J connectivity index is 3.25. The van der Waals surface area contributed by atoms with Crippen LogP contribution in [0.2, 0.25) is 0 Å². The number of hydrogen-bond donors (Lipinski definition) is 1. The molecule has 5 heteroatoms. The lowest BCUT2D eigenvalue weighted by atomic mass is 9.88. The first kappa shape index (κ1) is 13.7. The highest BCUT2D eigenvalue weighted by atomic mass is 16.5. The molecule has 0 bridgehead atoms. The molecule has 0 radical (unpaired) electrons. The number of carboxylic acid groups (broad SMARTS) is 1. The van der Waals surface area contributed by atoms with Crippen molar-refractivity contribution >= 4 is 5.97 Å². The molecule has 0 saturated heterocycles. The quantitative estimate of drug-likeness (QED) is 0.876. The number of aromatic carboxylic acids is 1. The lowest BCUT2D eigenvalue weighted by molar-refractivity contribution is 0.0690. The average Bonchev–Trinajstić information content (AvgIpc) is 2.61. The predicted octanol–water partition coefficient (Wildman–Crippen LogP) is 2.42. The Bertz CT molecular complexity index is 403. The van der Waals surface area contributed by atoms with Crippen LogP contribution < -0.4 is 0 Å². The van der Waals surface area contributed by atoms with Gasteiger partial charge in [-0.2, -0.15) is 0 Å². The van der Waals surface area contributed by atoms with Crippen LogP contribution >= 0.6 is 0 Å². The van der Waals surface area contributed by atoms with Gasteiger partial charge in [-0.15, -0.1) is 0 Å². The number of ether oxygens (including phenoxy) is 1. The second kappa shape index (κ2) is 4.87. The van der Waals surface area contributed by atoms with Crippen LogP contribution in [0.4, 0.5) is 0 Å². The van der Waals surface area contributed by atoms with Crippen molar-refractivity contribution in [1.82, 2.24) is 5.16 Å². The molecule has 1 heterocycles. The molecule has 0 aliphatic carbocycles. The minimum absolute atomic E-state index is 0.106. The molecule has 96 valence electrons. The van der Waals surface area contributed by atoms with Gasteiger partial charge in [-0.05, 0) is 0 Å². The maximum absolute atomic E-state index is 11.3. The second-order valence-corrected chi connectivity index (χ2v) is 5.18. The summed E-state index contributed by atoms with van der Waals surface area (Å²) in [5, 5.41) is 13.2. The van der Waals surface area contributed by atoms with E-state index in [1.165, 1.54) is 0 Å². The van der Waals surface area contributed by atoms with Gasteiger partial charge in [0.15, 0.2) is 5.76 Å². The van der Waals surface area contributed by atoms with Gasteiger partial charge < -0.3 is 14.4 Å². The zero-order chi connectivity index (χ0) is 13.2. The number of nitrogens with zero attached hydrogens (tertiary/aromatic N) is 1. The summed E-state index contributed by atoms with van der Waals surface area (Å²) in [5.74, 6) is -0.706. The summed E-state index contributed by atoms with van der Waals surface area (Å²) in [7, 11) is 1.57. The van der Waals surface area contributed by atoms with E-state index < -0.39 is 5.97 Å². The SMILES string of the molecule is COCC(C)c1noc(C(C)(C)C)c1C(=O)O. The summed E-state index contributed by atoms with van der Waals surface area (Å²) in [6, 6.07) is 0. The van der Waals surface area contributed by atoms with E-state index in [1.54, 1.807) is 7.11 Å². The van der Waals surface area contributed by atoms with E-state index in [0.29, 0.717) is 18.1 Å². The van der Waals surface area contributed by atoms with Crippen LogP contribution in [0.3, 0.4) is 0 Å². The minimum Gasteiger partial charge on any atom is -0.477 e. The molecule has 1 N–H and O–H groups in total. The van der Waals surface area contributed by atoms with E-state index in [-0.39, 0.29) is 16.9 Å². The Labute approximate surface area is 101 Å². The fourth-order valence-electron chi connectivity index (χ4n) is 1.69. The first-order valence-electron chi connectivity index (χ1n) is 5.51. The van der Waals surface area contributed by atoms with Gasteiger partial charge in [0.2, 0.25) is 0 Å². The first-order valence-corrected chi connectivity index (χ1v) is 5.51. The van der Waals surface area contributed by atoms with Gasteiger partial charge in [0.05, 0.1) is 6.61 Å². The Morgan fingerprint density at radius 3 is 2.53 bits per heavy atom. The predicted molar refractivity (Wildman–Crippen MR) is 62.5 cm³/mol. The number of hydrogen-bond acceptors (Lipinski definition) is 4. The molecule has 17 heavy (non-hydrogen) atoms. The lowest BCUT2D eigenvalue weighted by Crippen LogP contribution is -2.17. The second-order valence-electron chi connectivity index (χ2n) is 5.18. The molecule has 1 aromatic rings. The summed E-state index contributed by atoms with van der Waals surface area (Å²) < 4.78 is 10.2. The molecule has 1 rings (SSSR count). The van der Waals surface area contributed by atoms with Crippen molar-refractivity contribution < 1.29 is 19.2 Å². The van der Waals surface area contributed by atoms with Gasteiger partial charge >= 0.3 is 5.97 Å². The fraction of sp³-hybridized carbons (Fsp3) is 0.667. The van der Waals surface area contributed by atoms with Gasteiger partial charge in [-0.25, -0.2) is 4.79 Å². The number of carboxylic acids is 1. The molecular formula is C12H19NO4. The molecule has 1 unspecified atom stereocenters. The summed E-state index contributed by atoms with van der Waals surface area (Å²) in [5.41, 5.74) is 0.234. The number of methoxy groups -OCH3 is 1. The molecule has 0 aliphatic rings. The highest BCUT2D eigenvalue weighted by Gasteiger charge is 2.32. The van der Waals surface area contributed by atoms with Crippen molar-refractivity contribution in [3.8, 4) is 0 Å². The summed E-state index contributed by atoms with van der Waals surface area (Å²) >= 11 is 0. The van der Waals surface area contributed by atoms with Crippen molar-refractivity contribution in [3.63, 3.8) is 0 Å². The largest absolute Gasteiger partial charge is 0.477 e. The topological polar surface area (TPSA) is 72.6 Å². The zero-order valence-electron chi connectivity index (χ0n) is 10.9. The van der Waals surface area contributed by atoms with E-state index in [0.717, 1.165) is 0 Å². The summed E-state index contributed by atoms with van der Waals surface area (Å²) in [4.78, 5) is 11.3. The molecule has 0 saturated carbocycles. The van der Waals surface area contributed by atoms with E-state index >= 15 is 0 Å². The summed E-state index contributed by atoms with van der Waals surface area (Å²) in [6.45, 7) is 7.96. The third-order valence-corrected chi connectivity index (χ3v) is 2.50. The molecule has 0 aliphatic heterocycles. The van der Waals surface area contributed by atoms with Crippen molar-refractivity contribution in [1.29, 1.82) is 0 Å². The van der Waals surface area contributed by atoms with Gasteiger partial charge in [0.25, 0.3) is 0 Å². The first-order chi connectivity index (χ1) is 7.79. The maximum Gasteiger partial charge on any atom is 0.341 e. The number of aromatic nitrogens is 1. The number of carbonyl (C=O) groups is 1. The molecule has 1 aromatic heterocycles. The molecular weight excluding hydrogens is 222 g/mol. The van der Waals surface area contributed by atoms with Gasteiger partial charge in [0, 0.05) is 18.4 Å². The normalized spacial score (nSPS) is 13.7.